The first kappa shape index (κ1) is 12.4. The molecule has 2 aromatic carbocycles. The molecule has 0 amide bonds. The molecule has 4 heteroatoms. The standard InChI is InChI=1S/C15H14BrN3/c1-17-9-12-8-13(16)6-7-15(12)19-14-5-3-2-4-11(14)10-18-19/h2-8,10,17H,9H2,1H3. The van der Waals surface area contributed by atoms with E-state index in [9.17, 15) is 0 Å². The Morgan fingerprint density at radius 1 is 1.21 bits per heavy atom. The fourth-order valence-electron chi connectivity index (χ4n) is 2.26. The number of fused-ring (bicyclic) bond motifs is 1. The van der Waals surface area contributed by atoms with Crippen LogP contribution in [0.25, 0.3) is 16.6 Å². The lowest BCUT2D eigenvalue weighted by Crippen LogP contribution is -2.09. The van der Waals surface area contributed by atoms with Crippen molar-refractivity contribution in [3.63, 3.8) is 0 Å². The van der Waals surface area contributed by atoms with Crippen molar-refractivity contribution in [3.05, 3.63) is 58.7 Å². The first-order chi connectivity index (χ1) is 9.29. The van der Waals surface area contributed by atoms with Crippen LogP contribution in [0.4, 0.5) is 0 Å². The van der Waals surface area contributed by atoms with Crippen molar-refractivity contribution < 1.29 is 0 Å². The minimum absolute atomic E-state index is 0.808. The highest BCUT2D eigenvalue weighted by Gasteiger charge is 2.09. The number of hydrogen-bond donors (Lipinski definition) is 1. The van der Waals surface area contributed by atoms with Gasteiger partial charge in [0.1, 0.15) is 0 Å². The van der Waals surface area contributed by atoms with E-state index in [-0.39, 0.29) is 0 Å². The average molecular weight is 316 g/mol. The molecule has 0 bridgehead atoms. The number of aromatic nitrogens is 2. The predicted octanol–water partition coefficient (Wildman–Crippen LogP) is 3.51. The number of hydrogen-bond acceptors (Lipinski definition) is 2. The molecule has 0 fully saturated rings. The minimum Gasteiger partial charge on any atom is -0.316 e. The second-order valence-corrected chi connectivity index (χ2v) is 5.33. The summed E-state index contributed by atoms with van der Waals surface area (Å²) < 4.78 is 3.08. The summed E-state index contributed by atoms with van der Waals surface area (Å²) in [5.74, 6) is 0. The van der Waals surface area contributed by atoms with Gasteiger partial charge in [-0.05, 0) is 36.9 Å². The Morgan fingerprint density at radius 3 is 2.89 bits per heavy atom. The lowest BCUT2D eigenvalue weighted by atomic mass is 10.1. The van der Waals surface area contributed by atoms with Crippen LogP contribution in [-0.2, 0) is 6.54 Å². The van der Waals surface area contributed by atoms with Gasteiger partial charge in [-0.2, -0.15) is 5.10 Å². The monoisotopic (exact) mass is 315 g/mol. The Balaban J connectivity index is 2.21. The zero-order valence-electron chi connectivity index (χ0n) is 10.6. The zero-order valence-corrected chi connectivity index (χ0v) is 12.2. The summed E-state index contributed by atoms with van der Waals surface area (Å²) in [7, 11) is 1.95. The van der Waals surface area contributed by atoms with E-state index >= 15 is 0 Å². The molecule has 0 atom stereocenters. The van der Waals surface area contributed by atoms with Crippen LogP contribution in [0.2, 0.25) is 0 Å². The van der Waals surface area contributed by atoms with E-state index in [4.69, 9.17) is 0 Å². The van der Waals surface area contributed by atoms with E-state index in [1.807, 2.05) is 36.1 Å². The van der Waals surface area contributed by atoms with Crippen LogP contribution in [0, 0.1) is 0 Å². The largest absolute Gasteiger partial charge is 0.316 e. The van der Waals surface area contributed by atoms with Crippen LogP contribution in [0.15, 0.2) is 53.1 Å². The Hall–Kier alpha value is -1.65. The molecule has 1 heterocycles. The van der Waals surface area contributed by atoms with Crippen molar-refractivity contribution in [1.29, 1.82) is 0 Å². The predicted molar refractivity (Wildman–Crippen MR) is 81.5 cm³/mol. The molecule has 0 aliphatic heterocycles. The van der Waals surface area contributed by atoms with E-state index in [2.05, 4.69) is 50.6 Å². The lowest BCUT2D eigenvalue weighted by Gasteiger charge is -2.11. The molecule has 0 radical (unpaired) electrons. The van der Waals surface area contributed by atoms with Crippen LogP contribution >= 0.6 is 15.9 Å². The third-order valence-electron chi connectivity index (χ3n) is 3.11. The van der Waals surface area contributed by atoms with E-state index in [0.717, 1.165) is 27.6 Å². The summed E-state index contributed by atoms with van der Waals surface area (Å²) >= 11 is 3.52. The highest BCUT2D eigenvalue weighted by molar-refractivity contribution is 9.10. The Morgan fingerprint density at radius 2 is 2.05 bits per heavy atom. The minimum atomic E-state index is 0.808. The molecule has 0 unspecified atom stereocenters. The van der Waals surface area contributed by atoms with E-state index < -0.39 is 0 Å². The number of para-hydroxylation sites is 1. The molecular formula is C15H14BrN3. The van der Waals surface area contributed by atoms with Crippen molar-refractivity contribution in [2.75, 3.05) is 7.05 Å². The molecule has 0 aliphatic carbocycles. The van der Waals surface area contributed by atoms with E-state index in [0.29, 0.717) is 0 Å². The maximum Gasteiger partial charge on any atom is 0.0741 e. The van der Waals surface area contributed by atoms with Crippen LogP contribution in [0.3, 0.4) is 0 Å². The van der Waals surface area contributed by atoms with Crippen molar-refractivity contribution in [3.8, 4) is 5.69 Å². The second kappa shape index (κ2) is 5.15. The summed E-state index contributed by atoms with van der Waals surface area (Å²) in [5.41, 5.74) is 3.45. The summed E-state index contributed by atoms with van der Waals surface area (Å²) in [6.45, 7) is 0.808. The molecular weight excluding hydrogens is 302 g/mol. The van der Waals surface area contributed by atoms with Crippen LogP contribution in [0.1, 0.15) is 5.56 Å². The summed E-state index contributed by atoms with van der Waals surface area (Å²) in [5, 5.41) is 8.86. The quantitative estimate of drug-likeness (QED) is 0.801. The Labute approximate surface area is 120 Å². The summed E-state index contributed by atoms with van der Waals surface area (Å²) in [6.07, 6.45) is 1.90. The van der Waals surface area contributed by atoms with Crippen molar-refractivity contribution >= 4 is 26.8 Å². The molecule has 3 rings (SSSR count). The number of nitrogens with one attached hydrogen (secondary N) is 1. The van der Waals surface area contributed by atoms with Crippen molar-refractivity contribution in [2.45, 2.75) is 6.54 Å². The topological polar surface area (TPSA) is 29.9 Å². The number of nitrogens with zero attached hydrogens (tertiary/aromatic N) is 2. The third kappa shape index (κ3) is 2.29. The van der Waals surface area contributed by atoms with Gasteiger partial charge in [-0.15, -0.1) is 0 Å². The van der Waals surface area contributed by atoms with Gasteiger partial charge in [-0.3, -0.25) is 0 Å². The molecule has 0 saturated carbocycles. The van der Waals surface area contributed by atoms with Crippen molar-refractivity contribution in [2.24, 2.45) is 0 Å². The Bertz CT molecular complexity index is 718. The molecule has 1 aromatic heterocycles. The SMILES string of the molecule is CNCc1cc(Br)ccc1-n1ncc2ccccc21. The number of benzene rings is 2. The highest BCUT2D eigenvalue weighted by atomic mass is 79.9. The van der Waals surface area contributed by atoms with Gasteiger partial charge in [0.15, 0.2) is 0 Å². The maximum absolute atomic E-state index is 4.51. The van der Waals surface area contributed by atoms with Gasteiger partial charge in [-0.25, -0.2) is 4.68 Å². The first-order valence-corrected chi connectivity index (χ1v) is 6.95. The fraction of sp³-hybridized carbons (Fsp3) is 0.133. The van der Waals surface area contributed by atoms with E-state index in [1.165, 1.54) is 5.56 Å². The van der Waals surface area contributed by atoms with Gasteiger partial charge in [0, 0.05) is 16.4 Å². The van der Waals surface area contributed by atoms with Crippen LogP contribution in [0.5, 0.6) is 0 Å². The van der Waals surface area contributed by atoms with Gasteiger partial charge >= 0.3 is 0 Å². The smallest absolute Gasteiger partial charge is 0.0741 e. The van der Waals surface area contributed by atoms with Gasteiger partial charge in [-0.1, -0.05) is 34.1 Å². The zero-order chi connectivity index (χ0) is 13.2. The van der Waals surface area contributed by atoms with Gasteiger partial charge < -0.3 is 5.32 Å². The van der Waals surface area contributed by atoms with Gasteiger partial charge in [0.05, 0.1) is 17.4 Å². The molecule has 0 aliphatic rings. The lowest BCUT2D eigenvalue weighted by molar-refractivity contribution is 0.795. The van der Waals surface area contributed by atoms with Gasteiger partial charge in [0.25, 0.3) is 0 Å². The summed E-state index contributed by atoms with van der Waals surface area (Å²) in [6, 6.07) is 14.5. The molecule has 0 spiro atoms. The van der Waals surface area contributed by atoms with Crippen LogP contribution < -0.4 is 5.32 Å². The number of halogens is 1. The van der Waals surface area contributed by atoms with Gasteiger partial charge in [0.2, 0.25) is 0 Å². The highest BCUT2D eigenvalue weighted by Crippen LogP contribution is 2.23. The molecule has 3 aromatic rings. The normalized spacial score (nSPS) is 11.1. The molecule has 96 valence electrons. The Kier molecular flexibility index (Phi) is 3.36. The maximum atomic E-state index is 4.51. The fourth-order valence-corrected chi connectivity index (χ4v) is 2.66. The second-order valence-electron chi connectivity index (χ2n) is 4.42. The molecule has 1 N–H and O–H groups in total. The number of rotatable bonds is 3. The van der Waals surface area contributed by atoms with E-state index in [1.54, 1.807) is 0 Å². The van der Waals surface area contributed by atoms with Crippen LogP contribution in [-0.4, -0.2) is 16.8 Å². The summed E-state index contributed by atoms with van der Waals surface area (Å²) in [4.78, 5) is 0. The molecule has 19 heavy (non-hydrogen) atoms. The average Bonchev–Trinajstić information content (AvgIpc) is 2.83. The molecule has 3 nitrogen and oxygen atoms in total. The first-order valence-electron chi connectivity index (χ1n) is 6.16. The van der Waals surface area contributed by atoms with Crippen molar-refractivity contribution in [1.82, 2.24) is 15.1 Å². The molecule has 0 saturated heterocycles. The third-order valence-corrected chi connectivity index (χ3v) is 3.61.